The van der Waals surface area contributed by atoms with Crippen LogP contribution in [0.15, 0.2) is 65.8 Å². The second-order valence-corrected chi connectivity index (χ2v) is 8.61. The molecule has 0 aliphatic carbocycles. The maximum absolute atomic E-state index is 12.7. The van der Waals surface area contributed by atoms with Crippen molar-refractivity contribution in [2.75, 3.05) is 6.54 Å². The van der Waals surface area contributed by atoms with Crippen molar-refractivity contribution in [1.29, 1.82) is 5.41 Å². The lowest BCUT2D eigenvalue weighted by molar-refractivity contribution is -0.137. The van der Waals surface area contributed by atoms with Gasteiger partial charge in [0.15, 0.2) is 11.8 Å². The second-order valence-electron chi connectivity index (χ2n) is 8.61. The number of hydrogen-bond acceptors (Lipinski definition) is 5. The van der Waals surface area contributed by atoms with Gasteiger partial charge in [-0.25, -0.2) is 0 Å². The van der Waals surface area contributed by atoms with Gasteiger partial charge in [0.25, 0.3) is 0 Å². The summed E-state index contributed by atoms with van der Waals surface area (Å²) in [5, 5.41) is 17.2. The van der Waals surface area contributed by atoms with Gasteiger partial charge in [-0.05, 0) is 59.5 Å². The molecule has 3 aromatic carbocycles. The summed E-state index contributed by atoms with van der Waals surface area (Å²) in [4.78, 5) is 7.44. The Morgan fingerprint density at radius 2 is 1.86 bits per heavy atom. The third kappa shape index (κ3) is 4.82. The van der Waals surface area contributed by atoms with Gasteiger partial charge in [-0.3, -0.25) is 5.41 Å². The van der Waals surface area contributed by atoms with E-state index in [-0.39, 0.29) is 24.8 Å². The Morgan fingerprint density at radius 3 is 2.60 bits per heavy atom. The largest absolute Gasteiger partial charge is 0.489 e. The predicted molar refractivity (Wildman–Crippen MR) is 126 cm³/mol. The third-order valence-electron chi connectivity index (χ3n) is 6.27. The minimum Gasteiger partial charge on any atom is -0.489 e. The van der Waals surface area contributed by atoms with Crippen LogP contribution in [0.2, 0.25) is 0 Å². The van der Waals surface area contributed by atoms with E-state index in [1.165, 1.54) is 12.1 Å². The average Bonchev–Trinajstić information content (AvgIpc) is 3.52. The Kier molecular flexibility index (Phi) is 5.88. The lowest BCUT2D eigenvalue weighted by Crippen LogP contribution is -2.50. The molecule has 1 fully saturated rings. The smallest absolute Gasteiger partial charge is 0.416 e. The molecule has 2 unspecified atom stereocenters. The zero-order valence-electron chi connectivity index (χ0n) is 18.7. The summed E-state index contributed by atoms with van der Waals surface area (Å²) < 4.78 is 43.9. The van der Waals surface area contributed by atoms with Crippen molar-refractivity contribution in [3.8, 4) is 5.75 Å². The first-order valence-electron chi connectivity index (χ1n) is 11.2. The summed E-state index contributed by atoms with van der Waals surface area (Å²) in [6, 6.07) is 16.4. The van der Waals surface area contributed by atoms with Crippen molar-refractivity contribution in [2.24, 2.45) is 10.9 Å². The number of rotatable bonds is 5. The van der Waals surface area contributed by atoms with Gasteiger partial charge in [-0.2, -0.15) is 13.2 Å². The van der Waals surface area contributed by atoms with Gasteiger partial charge >= 0.3 is 6.18 Å². The van der Waals surface area contributed by atoms with Gasteiger partial charge in [0.2, 0.25) is 6.23 Å². The minimum atomic E-state index is -4.35. The normalized spacial score (nSPS) is 19.9. The second kappa shape index (κ2) is 9.01. The number of amidine groups is 1. The lowest BCUT2D eigenvalue weighted by Gasteiger charge is -2.27. The van der Waals surface area contributed by atoms with Crippen molar-refractivity contribution in [3.05, 3.63) is 77.4 Å². The molecule has 2 aliphatic heterocycles. The molecule has 0 radical (unpaired) electrons. The van der Waals surface area contributed by atoms with E-state index in [2.05, 4.69) is 10.5 Å². The van der Waals surface area contributed by atoms with Crippen LogP contribution in [0.25, 0.3) is 10.8 Å². The summed E-state index contributed by atoms with van der Waals surface area (Å²) in [6.07, 6.45) is -2.91. The van der Waals surface area contributed by atoms with Crippen LogP contribution in [0.1, 0.15) is 29.5 Å². The summed E-state index contributed by atoms with van der Waals surface area (Å²) in [6.45, 7) is 0.899. The summed E-state index contributed by atoms with van der Waals surface area (Å²) in [7, 11) is 0. The van der Waals surface area contributed by atoms with Crippen LogP contribution < -0.4 is 15.8 Å². The molecule has 35 heavy (non-hydrogen) atoms. The SMILES string of the molecule is N=C(N)N1CCCC1C1NC(c2ccc3cc(OCc4ccc(C(F)(F)F)cc4)ccc3c2)=NO1. The van der Waals surface area contributed by atoms with Gasteiger partial charge in [-0.1, -0.05) is 35.5 Å². The number of nitrogens with two attached hydrogens (primary N) is 1. The zero-order chi connectivity index (χ0) is 24.6. The summed E-state index contributed by atoms with van der Waals surface area (Å²) >= 11 is 0. The molecular weight excluding hydrogens is 459 g/mol. The molecule has 3 aromatic rings. The summed E-state index contributed by atoms with van der Waals surface area (Å²) in [5.41, 5.74) is 6.53. The number of ether oxygens (including phenoxy) is 1. The fraction of sp³-hybridized carbons (Fsp3) is 0.280. The molecule has 10 heteroatoms. The molecule has 0 amide bonds. The highest BCUT2D eigenvalue weighted by Gasteiger charge is 2.37. The van der Waals surface area contributed by atoms with Gasteiger partial charge in [0, 0.05) is 12.1 Å². The Morgan fingerprint density at radius 1 is 1.11 bits per heavy atom. The van der Waals surface area contributed by atoms with E-state index in [1.807, 2.05) is 41.3 Å². The maximum Gasteiger partial charge on any atom is 0.416 e. The molecule has 0 spiro atoms. The molecule has 5 rings (SSSR count). The van der Waals surface area contributed by atoms with Crippen molar-refractivity contribution in [1.82, 2.24) is 10.2 Å². The highest BCUT2D eigenvalue weighted by Crippen LogP contribution is 2.30. The van der Waals surface area contributed by atoms with Gasteiger partial charge in [0.1, 0.15) is 12.4 Å². The number of halogens is 3. The van der Waals surface area contributed by atoms with Gasteiger partial charge in [0.05, 0.1) is 11.6 Å². The van der Waals surface area contributed by atoms with Crippen LogP contribution in [0, 0.1) is 5.41 Å². The van der Waals surface area contributed by atoms with Crippen LogP contribution in [0.4, 0.5) is 13.2 Å². The third-order valence-corrected chi connectivity index (χ3v) is 6.27. The molecule has 7 nitrogen and oxygen atoms in total. The van der Waals surface area contributed by atoms with Crippen molar-refractivity contribution < 1.29 is 22.7 Å². The number of benzene rings is 3. The first-order valence-corrected chi connectivity index (χ1v) is 11.2. The number of nitrogens with one attached hydrogen (secondary N) is 2. The molecule has 182 valence electrons. The zero-order valence-corrected chi connectivity index (χ0v) is 18.7. The number of guanidine groups is 1. The Hall–Kier alpha value is -3.95. The number of hydrogen-bond donors (Lipinski definition) is 3. The van der Waals surface area contributed by atoms with E-state index < -0.39 is 11.7 Å². The van der Waals surface area contributed by atoms with E-state index in [9.17, 15) is 13.2 Å². The number of oxime groups is 1. The van der Waals surface area contributed by atoms with Crippen LogP contribution in [0.3, 0.4) is 0 Å². The van der Waals surface area contributed by atoms with Crippen LogP contribution in [-0.2, 0) is 17.6 Å². The molecule has 0 saturated carbocycles. The Bertz CT molecular complexity index is 1280. The average molecular weight is 483 g/mol. The highest BCUT2D eigenvalue weighted by molar-refractivity contribution is 6.02. The van der Waals surface area contributed by atoms with Crippen molar-refractivity contribution >= 4 is 22.6 Å². The Balaban J connectivity index is 1.23. The highest BCUT2D eigenvalue weighted by atomic mass is 19.4. The lowest BCUT2D eigenvalue weighted by atomic mass is 10.1. The molecule has 1 saturated heterocycles. The maximum atomic E-state index is 12.7. The number of likely N-dealkylation sites (tertiary alicyclic amines) is 1. The minimum absolute atomic E-state index is 0.0356. The van der Waals surface area contributed by atoms with Crippen LogP contribution >= 0.6 is 0 Å². The molecule has 2 heterocycles. The molecular formula is C25H24F3N5O2. The molecule has 2 aliphatic rings. The van der Waals surface area contributed by atoms with E-state index in [1.54, 1.807) is 0 Å². The fourth-order valence-electron chi connectivity index (χ4n) is 4.42. The topological polar surface area (TPSA) is 96.0 Å². The van der Waals surface area contributed by atoms with Crippen molar-refractivity contribution in [2.45, 2.75) is 37.9 Å². The number of fused-ring (bicyclic) bond motifs is 1. The Labute approximate surface area is 199 Å². The standard InChI is InChI=1S/C25H24F3N5O2/c26-25(27,28)19-8-3-15(4-9-19)14-34-20-10-7-16-12-18(6-5-17(16)13-20)22-31-23(35-32-22)21-2-1-11-33(21)24(29)30/h3-10,12-13,21,23H,1-2,11,14H2,(H3,29,30)(H,31,32). The molecule has 0 aromatic heterocycles. The fourth-order valence-corrected chi connectivity index (χ4v) is 4.42. The van der Waals surface area contributed by atoms with E-state index in [4.69, 9.17) is 20.7 Å². The predicted octanol–water partition coefficient (Wildman–Crippen LogP) is 4.40. The first kappa shape index (κ1) is 22.8. The van der Waals surface area contributed by atoms with Gasteiger partial charge < -0.3 is 25.5 Å². The molecule has 2 atom stereocenters. The van der Waals surface area contributed by atoms with Gasteiger partial charge in [-0.15, -0.1) is 0 Å². The summed E-state index contributed by atoms with van der Waals surface area (Å²) in [5.74, 6) is 1.28. The molecule has 4 N–H and O–H groups in total. The molecule has 0 bridgehead atoms. The van der Waals surface area contributed by atoms with E-state index in [0.717, 1.165) is 47.9 Å². The quantitative estimate of drug-likeness (QED) is 0.369. The number of alkyl halides is 3. The van der Waals surface area contributed by atoms with E-state index in [0.29, 0.717) is 17.1 Å². The first-order chi connectivity index (χ1) is 16.8. The van der Waals surface area contributed by atoms with Crippen molar-refractivity contribution in [3.63, 3.8) is 0 Å². The number of nitrogens with zero attached hydrogens (tertiary/aromatic N) is 2. The monoisotopic (exact) mass is 483 g/mol. The van der Waals surface area contributed by atoms with Crippen LogP contribution in [0.5, 0.6) is 5.75 Å². The van der Waals surface area contributed by atoms with Crippen LogP contribution in [-0.4, -0.2) is 35.5 Å². The van der Waals surface area contributed by atoms with E-state index >= 15 is 0 Å².